The van der Waals surface area contributed by atoms with Crippen molar-refractivity contribution in [1.29, 1.82) is 0 Å². The average Bonchev–Trinajstić information content (AvgIpc) is 2.53. The third-order valence-electron chi connectivity index (χ3n) is 1.64. The molecule has 0 spiro atoms. The summed E-state index contributed by atoms with van der Waals surface area (Å²) in [5.41, 5.74) is 1.77. The molecule has 0 saturated heterocycles. The molecule has 0 fully saturated rings. The van der Waals surface area contributed by atoms with Crippen LogP contribution in [-0.2, 0) is 0 Å². The molecule has 0 amide bonds. The fraction of sp³-hybridized carbons (Fsp3) is 0. The highest BCUT2D eigenvalue weighted by Gasteiger charge is 2.06. The van der Waals surface area contributed by atoms with Crippen LogP contribution in [0, 0.1) is 0 Å². The lowest BCUT2D eigenvalue weighted by Crippen LogP contribution is -1.76. The summed E-state index contributed by atoms with van der Waals surface area (Å²) in [6.07, 6.45) is 1.55. The lowest BCUT2D eigenvalue weighted by Gasteiger charge is -1.95. The van der Waals surface area contributed by atoms with Gasteiger partial charge in [0.25, 0.3) is 0 Å². The van der Waals surface area contributed by atoms with Crippen molar-refractivity contribution in [3.05, 3.63) is 40.0 Å². The van der Waals surface area contributed by atoms with Crippen LogP contribution in [0.4, 0.5) is 0 Å². The van der Waals surface area contributed by atoms with Crippen LogP contribution in [0.1, 0.15) is 0 Å². The minimum Gasteiger partial charge on any atom is -0.363 e. The van der Waals surface area contributed by atoms with Crippen molar-refractivity contribution in [2.45, 2.75) is 0 Å². The summed E-state index contributed by atoms with van der Waals surface area (Å²) in [7, 11) is 0. The minimum absolute atomic E-state index is 0.711. The summed E-state index contributed by atoms with van der Waals surface area (Å²) in [5, 5.41) is 4.56. The van der Waals surface area contributed by atoms with Gasteiger partial charge in [0.1, 0.15) is 12.0 Å². The summed E-state index contributed by atoms with van der Waals surface area (Å²) in [4.78, 5) is 0. The number of rotatable bonds is 1. The van der Waals surface area contributed by atoms with E-state index in [1.54, 1.807) is 6.26 Å². The topological polar surface area (TPSA) is 26.0 Å². The summed E-state index contributed by atoms with van der Waals surface area (Å²) in [6, 6.07) is 7.42. The van der Waals surface area contributed by atoms with Crippen molar-refractivity contribution in [3.63, 3.8) is 0 Å². The molecular weight excluding hydrogens is 253 g/mol. The van der Waals surface area contributed by atoms with Crippen molar-refractivity contribution >= 4 is 27.5 Å². The Bertz CT molecular complexity index is 410. The van der Waals surface area contributed by atoms with E-state index < -0.39 is 0 Å². The molecule has 0 aliphatic rings. The van der Waals surface area contributed by atoms with Gasteiger partial charge in [-0.3, -0.25) is 0 Å². The second kappa shape index (κ2) is 3.52. The van der Waals surface area contributed by atoms with Crippen LogP contribution in [0.25, 0.3) is 11.3 Å². The molecule has 0 radical (unpaired) electrons. The first-order valence-electron chi connectivity index (χ1n) is 3.63. The predicted molar refractivity (Wildman–Crippen MR) is 54.6 cm³/mol. The molecule has 2 rings (SSSR count). The smallest absolute Gasteiger partial charge is 0.138 e. The molecule has 2 aromatic rings. The second-order valence-corrected chi connectivity index (χ2v) is 3.81. The molecule has 4 heteroatoms. The van der Waals surface area contributed by atoms with E-state index in [1.807, 2.05) is 24.3 Å². The Morgan fingerprint density at radius 3 is 2.46 bits per heavy atom. The Morgan fingerprint density at radius 1 is 1.23 bits per heavy atom. The van der Waals surface area contributed by atoms with Gasteiger partial charge < -0.3 is 4.52 Å². The minimum atomic E-state index is 0.711. The number of aromatic nitrogens is 1. The summed E-state index contributed by atoms with van der Waals surface area (Å²) in [6.45, 7) is 0. The molecule has 0 atom stereocenters. The molecule has 1 aromatic heterocycles. The average molecular weight is 259 g/mol. The predicted octanol–water partition coefficient (Wildman–Crippen LogP) is 3.76. The van der Waals surface area contributed by atoms with Crippen LogP contribution in [0.15, 0.2) is 39.5 Å². The van der Waals surface area contributed by atoms with E-state index in [0.29, 0.717) is 5.02 Å². The van der Waals surface area contributed by atoms with E-state index >= 15 is 0 Å². The molecular formula is C9H5BrClNO. The van der Waals surface area contributed by atoms with Gasteiger partial charge in [-0.2, -0.15) is 0 Å². The third-order valence-corrected chi connectivity index (χ3v) is 2.46. The maximum Gasteiger partial charge on any atom is 0.138 e. The van der Waals surface area contributed by atoms with Crippen LogP contribution in [0.2, 0.25) is 5.02 Å². The number of benzene rings is 1. The second-order valence-electron chi connectivity index (χ2n) is 2.52. The number of nitrogens with zero attached hydrogens (tertiary/aromatic N) is 1. The molecule has 0 unspecified atom stereocenters. The standard InChI is InChI=1S/C9H5BrClNO/c10-8-5-13-12-9(8)6-1-3-7(11)4-2-6/h1-5H. The summed E-state index contributed by atoms with van der Waals surface area (Å²) in [5.74, 6) is 0. The first-order valence-corrected chi connectivity index (χ1v) is 4.80. The highest BCUT2D eigenvalue weighted by Crippen LogP contribution is 2.27. The maximum absolute atomic E-state index is 5.76. The molecule has 66 valence electrons. The van der Waals surface area contributed by atoms with Crippen molar-refractivity contribution in [2.75, 3.05) is 0 Å². The van der Waals surface area contributed by atoms with E-state index in [2.05, 4.69) is 21.1 Å². The van der Waals surface area contributed by atoms with Crippen LogP contribution in [-0.4, -0.2) is 5.16 Å². The SMILES string of the molecule is Clc1ccc(-c2nocc2Br)cc1. The van der Waals surface area contributed by atoms with E-state index in [9.17, 15) is 0 Å². The van der Waals surface area contributed by atoms with Gasteiger partial charge >= 0.3 is 0 Å². The Labute approximate surface area is 88.6 Å². The van der Waals surface area contributed by atoms with Gasteiger partial charge in [0.15, 0.2) is 0 Å². The molecule has 2 nitrogen and oxygen atoms in total. The van der Waals surface area contributed by atoms with Gasteiger partial charge in [0.2, 0.25) is 0 Å². The van der Waals surface area contributed by atoms with E-state index in [0.717, 1.165) is 15.7 Å². The fourth-order valence-electron chi connectivity index (χ4n) is 1.02. The van der Waals surface area contributed by atoms with Crippen LogP contribution >= 0.6 is 27.5 Å². The first kappa shape index (κ1) is 8.78. The van der Waals surface area contributed by atoms with Gasteiger partial charge in [-0.1, -0.05) is 28.9 Å². The van der Waals surface area contributed by atoms with Crippen molar-refractivity contribution in [2.24, 2.45) is 0 Å². The molecule has 0 aliphatic carbocycles. The fourth-order valence-corrected chi connectivity index (χ4v) is 1.53. The maximum atomic E-state index is 5.76. The zero-order valence-electron chi connectivity index (χ0n) is 6.50. The van der Waals surface area contributed by atoms with Crippen molar-refractivity contribution in [1.82, 2.24) is 5.16 Å². The molecule has 0 N–H and O–H groups in total. The van der Waals surface area contributed by atoms with Crippen molar-refractivity contribution < 1.29 is 4.52 Å². The van der Waals surface area contributed by atoms with E-state index in [4.69, 9.17) is 16.1 Å². The van der Waals surface area contributed by atoms with Gasteiger partial charge in [-0.05, 0) is 28.1 Å². The summed E-state index contributed by atoms with van der Waals surface area (Å²) >= 11 is 9.09. The number of hydrogen-bond donors (Lipinski definition) is 0. The van der Waals surface area contributed by atoms with Crippen molar-refractivity contribution in [3.8, 4) is 11.3 Å². The normalized spacial score (nSPS) is 10.3. The first-order chi connectivity index (χ1) is 6.27. The van der Waals surface area contributed by atoms with Crippen LogP contribution < -0.4 is 0 Å². The lowest BCUT2D eigenvalue weighted by atomic mass is 10.2. The lowest BCUT2D eigenvalue weighted by molar-refractivity contribution is 0.422. The van der Waals surface area contributed by atoms with Gasteiger partial charge in [0.05, 0.1) is 4.47 Å². The third kappa shape index (κ3) is 1.76. The van der Waals surface area contributed by atoms with Crippen LogP contribution in [0.5, 0.6) is 0 Å². The van der Waals surface area contributed by atoms with E-state index in [1.165, 1.54) is 0 Å². The van der Waals surface area contributed by atoms with Gasteiger partial charge in [-0.15, -0.1) is 0 Å². The van der Waals surface area contributed by atoms with Gasteiger partial charge in [0, 0.05) is 10.6 Å². The Kier molecular flexibility index (Phi) is 2.38. The summed E-state index contributed by atoms with van der Waals surface area (Å²) < 4.78 is 5.64. The molecule has 1 heterocycles. The van der Waals surface area contributed by atoms with Crippen LogP contribution in [0.3, 0.4) is 0 Å². The van der Waals surface area contributed by atoms with Gasteiger partial charge in [-0.25, -0.2) is 0 Å². The Balaban J connectivity index is 2.47. The number of halogens is 2. The zero-order valence-corrected chi connectivity index (χ0v) is 8.84. The Hall–Kier alpha value is -0.800. The Morgan fingerprint density at radius 2 is 1.92 bits per heavy atom. The quantitative estimate of drug-likeness (QED) is 0.778. The molecule has 1 aromatic carbocycles. The number of hydrogen-bond acceptors (Lipinski definition) is 2. The largest absolute Gasteiger partial charge is 0.363 e. The van der Waals surface area contributed by atoms with E-state index in [-0.39, 0.29) is 0 Å². The zero-order chi connectivity index (χ0) is 9.26. The molecule has 0 aliphatic heterocycles. The molecule has 0 saturated carbocycles. The molecule has 13 heavy (non-hydrogen) atoms. The monoisotopic (exact) mass is 257 g/mol. The highest BCUT2D eigenvalue weighted by atomic mass is 79.9. The highest BCUT2D eigenvalue weighted by molar-refractivity contribution is 9.10. The molecule has 0 bridgehead atoms.